The van der Waals surface area contributed by atoms with Crippen LogP contribution in [-0.4, -0.2) is 43.5 Å². The number of sulfonamides is 1. The first-order valence-corrected chi connectivity index (χ1v) is 8.84. The Hall–Kier alpha value is -1.47. The first-order chi connectivity index (χ1) is 10.0. The summed E-state index contributed by atoms with van der Waals surface area (Å²) in [5.74, 6) is -0.721. The fourth-order valence-electron chi connectivity index (χ4n) is 2.08. The minimum absolute atomic E-state index is 0.250. The molecule has 0 fully saturated rings. The average molecular weight is 330 g/mol. The topological polar surface area (TPSA) is 66.5 Å². The Kier molecular flexibility index (Phi) is 6.08. The third-order valence-corrected chi connectivity index (χ3v) is 4.59. The largest absolute Gasteiger partial charge is 0.355 e. The van der Waals surface area contributed by atoms with Gasteiger partial charge < -0.3 is 5.32 Å². The highest BCUT2D eigenvalue weighted by Crippen LogP contribution is 2.16. The Morgan fingerprint density at radius 2 is 1.86 bits per heavy atom. The Labute approximate surface area is 131 Å². The highest BCUT2D eigenvalue weighted by molar-refractivity contribution is 7.88. The van der Waals surface area contributed by atoms with Crippen LogP contribution in [0.15, 0.2) is 24.3 Å². The molecule has 0 radical (unpaired) electrons. The van der Waals surface area contributed by atoms with E-state index in [0.717, 1.165) is 10.6 Å². The van der Waals surface area contributed by atoms with Crippen molar-refractivity contribution in [3.05, 3.63) is 35.6 Å². The van der Waals surface area contributed by atoms with Crippen LogP contribution in [-0.2, 0) is 21.2 Å². The zero-order chi connectivity index (χ0) is 17.0. The summed E-state index contributed by atoms with van der Waals surface area (Å²) in [5, 5.41) is 2.62. The second-order valence-electron chi connectivity index (χ2n) is 6.13. The smallest absolute Gasteiger partial charge is 0.235 e. The predicted molar refractivity (Wildman–Crippen MR) is 84.4 cm³/mol. The summed E-state index contributed by atoms with van der Waals surface area (Å²) < 4.78 is 38.1. The Morgan fingerprint density at radius 1 is 1.27 bits per heavy atom. The van der Waals surface area contributed by atoms with Crippen molar-refractivity contribution in [3.63, 3.8) is 0 Å². The van der Waals surface area contributed by atoms with Gasteiger partial charge in [-0.15, -0.1) is 0 Å². The zero-order valence-electron chi connectivity index (χ0n) is 13.4. The number of rotatable bonds is 6. The van der Waals surface area contributed by atoms with Crippen LogP contribution in [0.4, 0.5) is 4.39 Å². The molecule has 0 bridgehead atoms. The summed E-state index contributed by atoms with van der Waals surface area (Å²) in [6, 6.07) is 6.34. The van der Waals surface area contributed by atoms with E-state index in [1.54, 1.807) is 39.0 Å². The van der Waals surface area contributed by atoms with E-state index in [4.69, 9.17) is 0 Å². The van der Waals surface area contributed by atoms with Crippen LogP contribution in [0.5, 0.6) is 0 Å². The fourth-order valence-corrected chi connectivity index (χ4v) is 3.42. The van der Waals surface area contributed by atoms with Gasteiger partial charge in [-0.05, 0) is 38.8 Å². The molecule has 1 N–H and O–H groups in total. The van der Waals surface area contributed by atoms with Gasteiger partial charge in [-0.3, -0.25) is 4.79 Å². The molecule has 0 atom stereocenters. The molecule has 1 aromatic rings. The average Bonchev–Trinajstić information content (AvgIpc) is 2.35. The number of nitrogens with one attached hydrogen (secondary N) is 1. The first kappa shape index (κ1) is 18.6. The van der Waals surface area contributed by atoms with Crippen molar-refractivity contribution >= 4 is 15.9 Å². The van der Waals surface area contributed by atoms with Crippen LogP contribution in [0.1, 0.15) is 26.3 Å². The van der Waals surface area contributed by atoms with Crippen molar-refractivity contribution < 1.29 is 17.6 Å². The molecule has 0 heterocycles. The lowest BCUT2D eigenvalue weighted by Gasteiger charge is -2.32. The van der Waals surface area contributed by atoms with E-state index in [1.807, 2.05) is 0 Å². The van der Waals surface area contributed by atoms with Crippen molar-refractivity contribution in [3.8, 4) is 0 Å². The van der Waals surface area contributed by atoms with Crippen molar-refractivity contribution in [2.24, 2.45) is 0 Å². The van der Waals surface area contributed by atoms with Gasteiger partial charge in [-0.1, -0.05) is 18.2 Å². The second-order valence-corrected chi connectivity index (χ2v) is 8.04. The molecule has 22 heavy (non-hydrogen) atoms. The molecular weight excluding hydrogens is 307 g/mol. The lowest BCUT2D eigenvalue weighted by molar-refractivity contribution is -0.121. The summed E-state index contributed by atoms with van der Waals surface area (Å²) in [5.41, 5.74) is -0.171. The van der Waals surface area contributed by atoms with Gasteiger partial charge in [0.05, 0.1) is 12.8 Å². The standard InChI is InChI=1S/C15H23FN2O3S/c1-15(2,3)18(22(4,20)21)11-14(19)17-10-9-12-7-5-6-8-13(12)16/h5-8H,9-11H2,1-4H3,(H,17,19). The molecule has 0 saturated heterocycles. The number of hydrogen-bond acceptors (Lipinski definition) is 3. The summed E-state index contributed by atoms with van der Waals surface area (Å²) in [4.78, 5) is 11.9. The molecule has 0 spiro atoms. The lowest BCUT2D eigenvalue weighted by atomic mass is 10.1. The summed E-state index contributed by atoms with van der Waals surface area (Å²) >= 11 is 0. The van der Waals surface area contributed by atoms with E-state index >= 15 is 0 Å². The highest BCUT2D eigenvalue weighted by atomic mass is 32.2. The minimum atomic E-state index is -3.49. The molecule has 0 aromatic heterocycles. The van der Waals surface area contributed by atoms with Crippen molar-refractivity contribution in [2.45, 2.75) is 32.7 Å². The Morgan fingerprint density at radius 3 is 2.36 bits per heavy atom. The van der Waals surface area contributed by atoms with E-state index < -0.39 is 21.5 Å². The number of halogens is 1. The highest BCUT2D eigenvalue weighted by Gasteiger charge is 2.31. The molecule has 0 saturated carbocycles. The number of carbonyl (C=O) groups excluding carboxylic acids is 1. The third kappa shape index (κ3) is 5.73. The van der Waals surface area contributed by atoms with Crippen molar-refractivity contribution in [1.29, 1.82) is 0 Å². The van der Waals surface area contributed by atoms with E-state index in [0.29, 0.717) is 12.0 Å². The number of hydrogen-bond donors (Lipinski definition) is 1. The maximum absolute atomic E-state index is 13.4. The fraction of sp³-hybridized carbons (Fsp3) is 0.533. The molecule has 0 unspecified atom stereocenters. The lowest BCUT2D eigenvalue weighted by Crippen LogP contribution is -2.50. The van der Waals surface area contributed by atoms with E-state index in [1.165, 1.54) is 6.07 Å². The molecule has 124 valence electrons. The first-order valence-electron chi connectivity index (χ1n) is 7.00. The van der Waals surface area contributed by atoms with Crippen molar-refractivity contribution in [2.75, 3.05) is 19.3 Å². The Bertz CT molecular complexity index is 624. The van der Waals surface area contributed by atoms with Gasteiger partial charge in [0.1, 0.15) is 5.82 Å². The van der Waals surface area contributed by atoms with Gasteiger partial charge in [0.2, 0.25) is 15.9 Å². The van der Waals surface area contributed by atoms with Crippen LogP contribution in [0.25, 0.3) is 0 Å². The monoisotopic (exact) mass is 330 g/mol. The minimum Gasteiger partial charge on any atom is -0.355 e. The van der Waals surface area contributed by atoms with E-state index in [-0.39, 0.29) is 18.9 Å². The summed E-state index contributed by atoms with van der Waals surface area (Å²) in [6.45, 7) is 5.17. The van der Waals surface area contributed by atoms with Gasteiger partial charge in [-0.25, -0.2) is 12.8 Å². The van der Waals surface area contributed by atoms with Gasteiger partial charge in [0.15, 0.2) is 0 Å². The summed E-state index contributed by atoms with van der Waals surface area (Å²) in [7, 11) is -3.49. The molecule has 1 aromatic carbocycles. The van der Waals surface area contributed by atoms with Gasteiger partial charge in [-0.2, -0.15) is 4.31 Å². The molecule has 1 rings (SSSR count). The molecule has 0 aliphatic rings. The van der Waals surface area contributed by atoms with E-state index in [2.05, 4.69) is 5.32 Å². The van der Waals surface area contributed by atoms with Crippen LogP contribution in [0.2, 0.25) is 0 Å². The number of nitrogens with zero attached hydrogens (tertiary/aromatic N) is 1. The number of benzene rings is 1. The maximum atomic E-state index is 13.4. The van der Waals surface area contributed by atoms with Gasteiger partial charge in [0.25, 0.3) is 0 Å². The predicted octanol–water partition coefficient (Wildman–Crippen LogP) is 1.54. The normalized spacial score (nSPS) is 12.5. The van der Waals surface area contributed by atoms with Crippen LogP contribution >= 0.6 is 0 Å². The summed E-state index contributed by atoms with van der Waals surface area (Å²) in [6.07, 6.45) is 1.43. The van der Waals surface area contributed by atoms with Gasteiger partial charge >= 0.3 is 0 Å². The third-order valence-electron chi connectivity index (χ3n) is 3.11. The number of carbonyl (C=O) groups is 1. The quantitative estimate of drug-likeness (QED) is 0.860. The van der Waals surface area contributed by atoms with Crippen molar-refractivity contribution in [1.82, 2.24) is 9.62 Å². The number of amides is 1. The second kappa shape index (κ2) is 7.19. The van der Waals surface area contributed by atoms with Gasteiger partial charge in [0, 0.05) is 12.1 Å². The zero-order valence-corrected chi connectivity index (χ0v) is 14.2. The molecule has 7 heteroatoms. The molecule has 0 aliphatic carbocycles. The van der Waals surface area contributed by atoms with Crippen LogP contribution in [0, 0.1) is 5.82 Å². The Balaban J connectivity index is 2.57. The SMILES string of the molecule is CC(C)(C)N(CC(=O)NCCc1ccccc1F)S(C)(=O)=O. The molecule has 1 amide bonds. The van der Waals surface area contributed by atoms with Crippen LogP contribution < -0.4 is 5.32 Å². The molecule has 0 aliphatic heterocycles. The maximum Gasteiger partial charge on any atom is 0.235 e. The van der Waals surface area contributed by atoms with Crippen LogP contribution in [0.3, 0.4) is 0 Å². The molecular formula is C15H23FN2O3S. The van der Waals surface area contributed by atoms with E-state index in [9.17, 15) is 17.6 Å². The molecule has 5 nitrogen and oxygen atoms in total.